The molecular formula is C17H18N4O3. The summed E-state index contributed by atoms with van der Waals surface area (Å²) < 4.78 is 0.992. The Morgan fingerprint density at radius 3 is 2.33 bits per heavy atom. The van der Waals surface area contributed by atoms with Crippen molar-refractivity contribution in [3.05, 3.63) is 49.7 Å². The van der Waals surface area contributed by atoms with Gasteiger partial charge in [0.15, 0.2) is 5.78 Å². The summed E-state index contributed by atoms with van der Waals surface area (Å²) in [4.78, 5) is 39.4. The fraction of sp³-hybridized carbons (Fsp3) is 0.353. The summed E-state index contributed by atoms with van der Waals surface area (Å²) in [5.41, 5.74) is 2.35. The van der Waals surface area contributed by atoms with Crippen LogP contribution in [0.4, 0.5) is 0 Å². The summed E-state index contributed by atoms with van der Waals surface area (Å²) in [6, 6.07) is 1.86. The molecule has 0 aromatic carbocycles. The molecule has 0 spiro atoms. The van der Waals surface area contributed by atoms with E-state index in [4.69, 9.17) is 5.26 Å². The highest BCUT2D eigenvalue weighted by Crippen LogP contribution is 2.19. The molecule has 0 aliphatic heterocycles. The van der Waals surface area contributed by atoms with Gasteiger partial charge in [-0.1, -0.05) is 0 Å². The van der Waals surface area contributed by atoms with Gasteiger partial charge in [0.1, 0.15) is 18.2 Å². The van der Waals surface area contributed by atoms with Crippen molar-refractivity contribution >= 4 is 11.6 Å². The maximum absolute atomic E-state index is 12.5. The lowest BCUT2D eigenvalue weighted by Gasteiger charge is -2.08. The molecule has 0 aliphatic rings. The van der Waals surface area contributed by atoms with Crippen LogP contribution in [-0.4, -0.2) is 26.3 Å². The normalized spacial score (nSPS) is 10.5. The number of aromatic amines is 1. The fourth-order valence-electron chi connectivity index (χ4n) is 2.78. The number of H-pyrrole nitrogens is 1. The lowest BCUT2D eigenvalue weighted by molar-refractivity contribution is 0.0960. The number of nitrogens with zero attached hydrogens (tertiary/aromatic N) is 3. The van der Waals surface area contributed by atoms with E-state index in [-0.39, 0.29) is 29.4 Å². The van der Waals surface area contributed by atoms with Crippen molar-refractivity contribution in [1.82, 2.24) is 14.8 Å². The Morgan fingerprint density at radius 2 is 1.83 bits per heavy atom. The van der Waals surface area contributed by atoms with E-state index >= 15 is 0 Å². The smallest absolute Gasteiger partial charge is 0.285 e. The number of Topliss-reactive ketones (excluding diaryl/α,β-unsaturated/α-hetero) is 2. The van der Waals surface area contributed by atoms with E-state index in [2.05, 4.69) is 10.1 Å². The topological polar surface area (TPSA) is 109 Å². The number of carbonyl (C=O) groups excluding carboxylic acids is 2. The van der Waals surface area contributed by atoms with Crippen molar-refractivity contribution in [2.24, 2.45) is 0 Å². The molecule has 0 unspecified atom stereocenters. The van der Waals surface area contributed by atoms with E-state index in [1.165, 1.54) is 6.92 Å². The molecule has 0 saturated carbocycles. The van der Waals surface area contributed by atoms with Crippen molar-refractivity contribution < 1.29 is 9.59 Å². The summed E-state index contributed by atoms with van der Waals surface area (Å²) >= 11 is 0. The number of ketones is 2. The minimum Gasteiger partial charge on any atom is -0.355 e. The first-order valence-corrected chi connectivity index (χ1v) is 7.40. The number of hydrogen-bond donors (Lipinski definition) is 1. The standard InChI is InChI=1S/C17H18N4O3/c1-8-10(3)20-21(17(24)13(8)6-18)7-14(23)16-9(2)15(12(5)22)11(4)19-16/h19H,7H2,1-5H3. The van der Waals surface area contributed by atoms with Gasteiger partial charge in [-0.3, -0.25) is 14.4 Å². The first-order valence-electron chi connectivity index (χ1n) is 7.40. The average Bonchev–Trinajstić information content (AvgIpc) is 2.80. The number of rotatable bonds is 4. The van der Waals surface area contributed by atoms with Gasteiger partial charge in [0, 0.05) is 11.3 Å². The Labute approximate surface area is 138 Å². The second kappa shape index (κ2) is 6.24. The number of carbonyl (C=O) groups is 2. The molecule has 24 heavy (non-hydrogen) atoms. The molecule has 2 rings (SSSR count). The Balaban J connectivity index is 2.48. The quantitative estimate of drug-likeness (QED) is 0.861. The van der Waals surface area contributed by atoms with Crippen LogP contribution < -0.4 is 5.56 Å². The monoisotopic (exact) mass is 326 g/mol. The van der Waals surface area contributed by atoms with Crippen molar-refractivity contribution in [1.29, 1.82) is 5.26 Å². The van der Waals surface area contributed by atoms with Crippen molar-refractivity contribution in [3.63, 3.8) is 0 Å². The third-order valence-corrected chi connectivity index (χ3v) is 4.11. The number of hydrogen-bond acceptors (Lipinski definition) is 5. The zero-order valence-corrected chi connectivity index (χ0v) is 14.3. The number of nitrogens with one attached hydrogen (secondary N) is 1. The zero-order chi connectivity index (χ0) is 18.2. The van der Waals surface area contributed by atoms with Crippen LogP contribution in [0.1, 0.15) is 55.8 Å². The Kier molecular flexibility index (Phi) is 4.51. The van der Waals surface area contributed by atoms with Gasteiger partial charge in [0.05, 0.1) is 11.4 Å². The van der Waals surface area contributed by atoms with Crippen LogP contribution in [0.2, 0.25) is 0 Å². The first-order chi connectivity index (χ1) is 11.2. The lowest BCUT2D eigenvalue weighted by atomic mass is 10.1. The van der Waals surface area contributed by atoms with Gasteiger partial charge in [-0.25, -0.2) is 4.68 Å². The predicted molar refractivity (Wildman–Crippen MR) is 87.3 cm³/mol. The predicted octanol–water partition coefficient (Wildman–Crippen LogP) is 1.76. The molecule has 2 heterocycles. The van der Waals surface area contributed by atoms with Crippen LogP contribution in [0, 0.1) is 39.0 Å². The molecule has 0 aliphatic carbocycles. The summed E-state index contributed by atoms with van der Waals surface area (Å²) in [5.74, 6) is -0.501. The Bertz CT molecular complexity index is 958. The molecule has 7 heteroatoms. The molecule has 0 atom stereocenters. The van der Waals surface area contributed by atoms with E-state index < -0.39 is 5.56 Å². The lowest BCUT2D eigenvalue weighted by Crippen LogP contribution is -2.30. The molecule has 0 amide bonds. The van der Waals surface area contributed by atoms with Gasteiger partial charge in [-0.05, 0) is 45.7 Å². The van der Waals surface area contributed by atoms with Crippen LogP contribution >= 0.6 is 0 Å². The summed E-state index contributed by atoms with van der Waals surface area (Å²) in [5, 5.41) is 13.2. The van der Waals surface area contributed by atoms with Gasteiger partial charge in [0.25, 0.3) is 5.56 Å². The zero-order valence-electron chi connectivity index (χ0n) is 14.3. The molecular weight excluding hydrogens is 308 g/mol. The van der Waals surface area contributed by atoms with Crippen LogP contribution in [0.15, 0.2) is 4.79 Å². The molecule has 0 fully saturated rings. The fourth-order valence-corrected chi connectivity index (χ4v) is 2.78. The first kappa shape index (κ1) is 17.3. The SMILES string of the molecule is CC(=O)c1c(C)[nH]c(C(=O)Cn2nc(C)c(C)c(C#N)c2=O)c1C. The minimum atomic E-state index is -0.596. The van der Waals surface area contributed by atoms with Crippen molar-refractivity contribution in [2.75, 3.05) is 0 Å². The highest BCUT2D eigenvalue weighted by atomic mass is 16.1. The number of aryl methyl sites for hydroxylation is 2. The third kappa shape index (κ3) is 2.78. The Morgan fingerprint density at radius 1 is 1.21 bits per heavy atom. The van der Waals surface area contributed by atoms with Crippen molar-refractivity contribution in [3.8, 4) is 6.07 Å². The van der Waals surface area contributed by atoms with Crippen molar-refractivity contribution in [2.45, 2.75) is 41.2 Å². The van der Waals surface area contributed by atoms with E-state index in [0.29, 0.717) is 28.1 Å². The molecule has 124 valence electrons. The van der Waals surface area contributed by atoms with E-state index in [9.17, 15) is 14.4 Å². The van der Waals surface area contributed by atoms with Gasteiger partial charge >= 0.3 is 0 Å². The minimum absolute atomic E-state index is 0.0147. The molecule has 7 nitrogen and oxygen atoms in total. The number of aromatic nitrogens is 3. The third-order valence-electron chi connectivity index (χ3n) is 4.11. The average molecular weight is 326 g/mol. The maximum atomic E-state index is 12.5. The van der Waals surface area contributed by atoms with E-state index in [0.717, 1.165) is 4.68 Å². The summed E-state index contributed by atoms with van der Waals surface area (Å²) in [6.07, 6.45) is 0. The van der Waals surface area contributed by atoms with Gasteiger partial charge < -0.3 is 4.98 Å². The van der Waals surface area contributed by atoms with Crippen LogP contribution in [-0.2, 0) is 6.54 Å². The highest BCUT2D eigenvalue weighted by molar-refractivity contribution is 6.03. The molecule has 0 saturated heterocycles. The molecule has 2 aromatic heterocycles. The second-order valence-electron chi connectivity index (χ2n) is 5.76. The molecule has 1 N–H and O–H groups in total. The van der Waals surface area contributed by atoms with Crippen LogP contribution in [0.5, 0.6) is 0 Å². The van der Waals surface area contributed by atoms with Gasteiger partial charge in [-0.2, -0.15) is 10.4 Å². The maximum Gasteiger partial charge on any atom is 0.285 e. The summed E-state index contributed by atoms with van der Waals surface area (Å²) in [6.45, 7) is 7.86. The molecule has 0 bridgehead atoms. The van der Waals surface area contributed by atoms with E-state index in [1.807, 2.05) is 6.07 Å². The second-order valence-corrected chi connectivity index (χ2v) is 5.76. The van der Waals surface area contributed by atoms with Gasteiger partial charge in [-0.15, -0.1) is 0 Å². The Hall–Kier alpha value is -3.01. The van der Waals surface area contributed by atoms with Gasteiger partial charge in [0.2, 0.25) is 5.78 Å². The summed E-state index contributed by atoms with van der Waals surface area (Å²) in [7, 11) is 0. The molecule has 0 radical (unpaired) electrons. The molecule has 2 aromatic rings. The van der Waals surface area contributed by atoms with Crippen LogP contribution in [0.3, 0.4) is 0 Å². The highest BCUT2D eigenvalue weighted by Gasteiger charge is 2.21. The van der Waals surface area contributed by atoms with E-state index in [1.54, 1.807) is 27.7 Å². The number of nitriles is 1. The van der Waals surface area contributed by atoms with Crippen LogP contribution in [0.25, 0.3) is 0 Å². The largest absolute Gasteiger partial charge is 0.355 e.